The maximum absolute atomic E-state index is 3.72. The van der Waals surface area contributed by atoms with Crippen molar-refractivity contribution in [2.45, 2.75) is 43.5 Å². The third kappa shape index (κ3) is 4.29. The largest absolute Gasteiger partial charge is 0.313 e. The Hall–Kier alpha value is 0.01000. The summed E-state index contributed by atoms with van der Waals surface area (Å²) in [6, 6.07) is 9.35. The number of hydrogen-bond donors (Lipinski definition) is 1. The molecular formula is C15H22BrNS. The van der Waals surface area contributed by atoms with Crippen LogP contribution in [0.25, 0.3) is 0 Å². The molecule has 18 heavy (non-hydrogen) atoms. The summed E-state index contributed by atoms with van der Waals surface area (Å²) in [5, 5.41) is 3.72. The third-order valence-electron chi connectivity index (χ3n) is 3.62. The Bertz CT molecular complexity index is 348. The lowest BCUT2D eigenvalue weighted by Crippen LogP contribution is -2.41. The number of nitrogens with one attached hydrogen (secondary N) is 1. The van der Waals surface area contributed by atoms with Crippen molar-refractivity contribution in [3.05, 3.63) is 28.7 Å². The van der Waals surface area contributed by atoms with Crippen molar-refractivity contribution in [1.82, 2.24) is 5.32 Å². The van der Waals surface area contributed by atoms with Gasteiger partial charge >= 0.3 is 0 Å². The predicted molar refractivity (Wildman–Crippen MR) is 84.3 cm³/mol. The Morgan fingerprint density at radius 3 is 2.61 bits per heavy atom. The molecule has 1 saturated carbocycles. The van der Waals surface area contributed by atoms with Gasteiger partial charge in [-0.1, -0.05) is 29.3 Å². The van der Waals surface area contributed by atoms with Crippen molar-refractivity contribution >= 4 is 27.7 Å². The summed E-state index contributed by atoms with van der Waals surface area (Å²) in [6.45, 7) is 3.40. The van der Waals surface area contributed by atoms with Crippen LogP contribution in [-0.4, -0.2) is 18.3 Å². The van der Waals surface area contributed by atoms with E-state index in [4.69, 9.17) is 0 Å². The lowest BCUT2D eigenvalue weighted by molar-refractivity contribution is 0.244. The lowest BCUT2D eigenvalue weighted by Gasteiger charge is -2.34. The number of benzene rings is 1. The average molecular weight is 328 g/mol. The van der Waals surface area contributed by atoms with Gasteiger partial charge < -0.3 is 5.32 Å². The summed E-state index contributed by atoms with van der Waals surface area (Å²) >= 11 is 5.46. The second-order valence-corrected chi connectivity index (χ2v) is 7.03. The van der Waals surface area contributed by atoms with Gasteiger partial charge in [-0.25, -0.2) is 0 Å². The molecule has 1 aliphatic carbocycles. The number of halogens is 1. The van der Waals surface area contributed by atoms with Crippen molar-refractivity contribution in [3.8, 4) is 0 Å². The van der Waals surface area contributed by atoms with Crippen molar-refractivity contribution in [2.75, 3.05) is 12.3 Å². The van der Waals surface area contributed by atoms with E-state index in [-0.39, 0.29) is 0 Å². The predicted octanol–water partition coefficient (Wildman–Crippen LogP) is 4.71. The number of hydrogen-bond acceptors (Lipinski definition) is 2. The van der Waals surface area contributed by atoms with E-state index in [1.165, 1.54) is 36.3 Å². The van der Waals surface area contributed by atoms with Gasteiger partial charge in [0.2, 0.25) is 0 Å². The molecule has 1 atom stereocenters. The first kappa shape index (κ1) is 14.4. The first-order valence-corrected chi connectivity index (χ1v) is 8.69. The molecule has 3 heteroatoms. The van der Waals surface area contributed by atoms with Crippen LogP contribution in [0.4, 0.5) is 0 Å². The fourth-order valence-electron chi connectivity index (χ4n) is 2.25. The zero-order valence-electron chi connectivity index (χ0n) is 11.0. The van der Waals surface area contributed by atoms with Crippen LogP contribution in [-0.2, 0) is 0 Å². The molecule has 0 radical (unpaired) electrons. The van der Waals surface area contributed by atoms with Gasteiger partial charge in [0.05, 0.1) is 0 Å². The van der Waals surface area contributed by atoms with Gasteiger partial charge in [-0.05, 0) is 56.0 Å². The van der Waals surface area contributed by atoms with Gasteiger partial charge in [0, 0.05) is 21.2 Å². The van der Waals surface area contributed by atoms with Gasteiger partial charge in [-0.2, -0.15) is 0 Å². The summed E-state index contributed by atoms with van der Waals surface area (Å²) in [6.07, 6.45) is 5.49. The number of rotatable bonds is 7. The summed E-state index contributed by atoms with van der Waals surface area (Å²) in [4.78, 5) is 1.38. The first-order valence-electron chi connectivity index (χ1n) is 6.91. The zero-order chi connectivity index (χ0) is 12.8. The second-order valence-electron chi connectivity index (χ2n) is 5.02. The standard InChI is InChI=1S/C15H22BrNS/c1-2-10-17-15(12-4-3-5-12)11-18-14-8-6-13(16)7-9-14/h6-9,12,15,17H,2-5,10-11H2,1H3. The van der Waals surface area contributed by atoms with Gasteiger partial charge in [0.15, 0.2) is 0 Å². The second kappa shape index (κ2) is 7.56. The minimum Gasteiger partial charge on any atom is -0.313 e. The van der Waals surface area contributed by atoms with Crippen LogP contribution >= 0.6 is 27.7 Å². The van der Waals surface area contributed by atoms with Gasteiger partial charge in [0.25, 0.3) is 0 Å². The smallest absolute Gasteiger partial charge is 0.0189 e. The molecule has 1 aromatic rings. The Morgan fingerprint density at radius 1 is 1.33 bits per heavy atom. The summed E-state index contributed by atoms with van der Waals surface area (Å²) in [5.74, 6) is 2.12. The molecule has 2 rings (SSSR count). The highest BCUT2D eigenvalue weighted by Gasteiger charge is 2.26. The molecule has 1 N–H and O–H groups in total. The molecule has 0 bridgehead atoms. The minimum absolute atomic E-state index is 0.701. The number of thioether (sulfide) groups is 1. The molecule has 0 amide bonds. The maximum atomic E-state index is 3.72. The Balaban J connectivity index is 1.82. The van der Waals surface area contributed by atoms with Crippen LogP contribution in [0.1, 0.15) is 32.6 Å². The van der Waals surface area contributed by atoms with E-state index >= 15 is 0 Å². The van der Waals surface area contributed by atoms with E-state index in [1.54, 1.807) is 0 Å². The molecule has 1 aromatic carbocycles. The van der Waals surface area contributed by atoms with Crippen LogP contribution < -0.4 is 5.32 Å². The van der Waals surface area contributed by atoms with Crippen LogP contribution in [0, 0.1) is 5.92 Å². The van der Waals surface area contributed by atoms with E-state index in [2.05, 4.69) is 52.4 Å². The van der Waals surface area contributed by atoms with Crippen LogP contribution in [0.2, 0.25) is 0 Å². The molecule has 0 spiro atoms. The Kier molecular flexibility index (Phi) is 6.06. The highest BCUT2D eigenvalue weighted by molar-refractivity contribution is 9.10. The summed E-state index contributed by atoms with van der Waals surface area (Å²) < 4.78 is 1.16. The van der Waals surface area contributed by atoms with E-state index < -0.39 is 0 Å². The van der Waals surface area contributed by atoms with E-state index in [1.807, 2.05) is 11.8 Å². The van der Waals surface area contributed by atoms with E-state index in [9.17, 15) is 0 Å². The molecule has 1 unspecified atom stereocenters. The topological polar surface area (TPSA) is 12.0 Å². The molecular weight excluding hydrogens is 306 g/mol. The van der Waals surface area contributed by atoms with Crippen molar-refractivity contribution < 1.29 is 0 Å². The Labute approximate surface area is 123 Å². The minimum atomic E-state index is 0.701. The summed E-state index contributed by atoms with van der Waals surface area (Å²) in [7, 11) is 0. The van der Waals surface area contributed by atoms with Crippen molar-refractivity contribution in [3.63, 3.8) is 0 Å². The summed E-state index contributed by atoms with van der Waals surface area (Å²) in [5.41, 5.74) is 0. The average Bonchev–Trinajstić information content (AvgIpc) is 2.32. The quantitative estimate of drug-likeness (QED) is 0.728. The van der Waals surface area contributed by atoms with Gasteiger partial charge in [-0.15, -0.1) is 11.8 Å². The fraction of sp³-hybridized carbons (Fsp3) is 0.600. The molecule has 1 nitrogen and oxygen atoms in total. The monoisotopic (exact) mass is 327 g/mol. The lowest BCUT2D eigenvalue weighted by atomic mass is 9.80. The Morgan fingerprint density at radius 2 is 2.06 bits per heavy atom. The SMILES string of the molecule is CCCNC(CSc1ccc(Br)cc1)C1CCC1. The molecule has 0 aromatic heterocycles. The van der Waals surface area contributed by atoms with E-state index in [0.29, 0.717) is 6.04 Å². The van der Waals surface area contributed by atoms with Gasteiger partial charge in [0.1, 0.15) is 0 Å². The van der Waals surface area contributed by atoms with Crippen LogP contribution in [0.3, 0.4) is 0 Å². The zero-order valence-corrected chi connectivity index (χ0v) is 13.4. The molecule has 0 saturated heterocycles. The van der Waals surface area contributed by atoms with E-state index in [0.717, 1.165) is 16.9 Å². The molecule has 0 heterocycles. The third-order valence-corrected chi connectivity index (χ3v) is 5.28. The molecule has 100 valence electrons. The fourth-order valence-corrected chi connectivity index (χ4v) is 3.61. The van der Waals surface area contributed by atoms with Gasteiger partial charge in [-0.3, -0.25) is 0 Å². The normalized spacial score (nSPS) is 17.4. The molecule has 1 aliphatic rings. The highest BCUT2D eigenvalue weighted by Crippen LogP contribution is 2.32. The highest BCUT2D eigenvalue weighted by atomic mass is 79.9. The maximum Gasteiger partial charge on any atom is 0.0189 e. The first-order chi connectivity index (χ1) is 8.79. The molecule has 0 aliphatic heterocycles. The van der Waals surface area contributed by atoms with Crippen LogP contribution in [0.5, 0.6) is 0 Å². The van der Waals surface area contributed by atoms with Crippen molar-refractivity contribution in [1.29, 1.82) is 0 Å². The van der Waals surface area contributed by atoms with Crippen LogP contribution in [0.15, 0.2) is 33.6 Å². The van der Waals surface area contributed by atoms with Crippen molar-refractivity contribution in [2.24, 2.45) is 5.92 Å². The molecule has 1 fully saturated rings.